The molecule has 0 saturated heterocycles. The average Bonchev–Trinajstić information content (AvgIpc) is 2.41. The first-order chi connectivity index (χ1) is 9.60. The van der Waals surface area contributed by atoms with E-state index in [1.54, 1.807) is 19.2 Å². The molecule has 1 heterocycles. The monoisotopic (exact) mass is 272 g/mol. The van der Waals surface area contributed by atoms with Gasteiger partial charge in [-0.05, 0) is 30.2 Å². The van der Waals surface area contributed by atoms with E-state index in [0.717, 1.165) is 5.56 Å². The van der Waals surface area contributed by atoms with E-state index in [2.05, 4.69) is 16.9 Å². The highest BCUT2D eigenvalue weighted by Gasteiger charge is 2.05. The van der Waals surface area contributed by atoms with Gasteiger partial charge in [0.2, 0.25) is 0 Å². The molecule has 0 bridgehead atoms. The molecule has 0 fully saturated rings. The van der Waals surface area contributed by atoms with Crippen LogP contribution < -0.4 is 5.56 Å². The highest BCUT2D eigenvalue weighted by molar-refractivity contribution is 5.41. The Morgan fingerprint density at radius 1 is 1.40 bits per heavy atom. The van der Waals surface area contributed by atoms with Gasteiger partial charge in [0.25, 0.3) is 5.56 Å². The molecule has 0 amide bonds. The standard InChI is InChI=1S/C15H13FN2O2/c1-11-7-15(20)18(17-9-11)10-13-4-5-14(16)8-12(13)3-2-6-19/h4-5,7-9,19H,6,10H2,1H3. The van der Waals surface area contributed by atoms with Gasteiger partial charge in [-0.1, -0.05) is 17.9 Å². The molecule has 0 spiro atoms. The molecule has 0 radical (unpaired) electrons. The lowest BCUT2D eigenvalue weighted by Gasteiger charge is -2.07. The summed E-state index contributed by atoms with van der Waals surface area (Å²) in [4.78, 5) is 11.8. The first-order valence-electron chi connectivity index (χ1n) is 6.02. The maximum Gasteiger partial charge on any atom is 0.267 e. The minimum atomic E-state index is -0.416. The first kappa shape index (κ1) is 14.0. The third kappa shape index (κ3) is 3.31. The first-order valence-corrected chi connectivity index (χ1v) is 6.02. The van der Waals surface area contributed by atoms with Crippen molar-refractivity contribution in [2.24, 2.45) is 0 Å². The minimum absolute atomic E-state index is 0.203. The van der Waals surface area contributed by atoms with E-state index in [9.17, 15) is 9.18 Å². The van der Waals surface area contributed by atoms with Gasteiger partial charge in [-0.15, -0.1) is 0 Å². The molecule has 0 aliphatic carbocycles. The summed E-state index contributed by atoms with van der Waals surface area (Å²) < 4.78 is 14.5. The van der Waals surface area contributed by atoms with Crippen LogP contribution in [0.4, 0.5) is 4.39 Å². The van der Waals surface area contributed by atoms with Crippen LogP contribution in [0.1, 0.15) is 16.7 Å². The third-order valence-electron chi connectivity index (χ3n) is 2.70. The van der Waals surface area contributed by atoms with Crippen molar-refractivity contribution in [2.75, 3.05) is 6.61 Å². The predicted molar refractivity (Wildman–Crippen MR) is 72.7 cm³/mol. The van der Waals surface area contributed by atoms with Gasteiger partial charge in [0.1, 0.15) is 12.4 Å². The van der Waals surface area contributed by atoms with Gasteiger partial charge in [0, 0.05) is 11.6 Å². The Bertz CT molecular complexity index is 742. The quantitative estimate of drug-likeness (QED) is 0.832. The topological polar surface area (TPSA) is 55.1 Å². The van der Waals surface area contributed by atoms with Crippen molar-refractivity contribution in [1.82, 2.24) is 9.78 Å². The van der Waals surface area contributed by atoms with Crippen molar-refractivity contribution >= 4 is 0 Å². The molecule has 0 aliphatic rings. The molecule has 4 nitrogen and oxygen atoms in total. The second kappa shape index (κ2) is 6.13. The summed E-state index contributed by atoms with van der Waals surface area (Å²) in [5.41, 5.74) is 1.67. The fourth-order valence-corrected chi connectivity index (χ4v) is 1.74. The average molecular weight is 272 g/mol. The van der Waals surface area contributed by atoms with Crippen LogP contribution in [0.3, 0.4) is 0 Å². The molecule has 1 N–H and O–H groups in total. The van der Waals surface area contributed by atoms with Crippen LogP contribution in [0.15, 0.2) is 35.3 Å². The second-order valence-corrected chi connectivity index (χ2v) is 4.29. The SMILES string of the molecule is Cc1cnn(Cc2ccc(F)cc2C#CCO)c(=O)c1. The zero-order chi connectivity index (χ0) is 14.5. The molecule has 2 aromatic rings. The summed E-state index contributed by atoms with van der Waals surface area (Å²) in [7, 11) is 0. The van der Waals surface area contributed by atoms with Crippen LogP contribution in [-0.4, -0.2) is 21.5 Å². The molecule has 0 unspecified atom stereocenters. The number of hydrogen-bond donors (Lipinski definition) is 1. The van der Waals surface area contributed by atoms with Crippen molar-refractivity contribution in [2.45, 2.75) is 13.5 Å². The number of benzene rings is 1. The van der Waals surface area contributed by atoms with E-state index < -0.39 is 5.82 Å². The molecule has 1 aromatic heterocycles. The summed E-state index contributed by atoms with van der Waals surface area (Å²) >= 11 is 0. The van der Waals surface area contributed by atoms with Crippen molar-refractivity contribution < 1.29 is 9.50 Å². The van der Waals surface area contributed by atoms with E-state index in [-0.39, 0.29) is 18.7 Å². The van der Waals surface area contributed by atoms with Crippen LogP contribution in [0, 0.1) is 24.6 Å². The second-order valence-electron chi connectivity index (χ2n) is 4.29. The zero-order valence-corrected chi connectivity index (χ0v) is 10.9. The normalized spacial score (nSPS) is 9.95. The largest absolute Gasteiger partial charge is 0.384 e. The van der Waals surface area contributed by atoms with Crippen molar-refractivity contribution in [1.29, 1.82) is 0 Å². The van der Waals surface area contributed by atoms with E-state index in [0.29, 0.717) is 11.1 Å². The van der Waals surface area contributed by atoms with Crippen molar-refractivity contribution in [3.8, 4) is 11.8 Å². The smallest absolute Gasteiger partial charge is 0.267 e. The van der Waals surface area contributed by atoms with Crippen LogP contribution >= 0.6 is 0 Å². The number of nitrogens with zero attached hydrogens (tertiary/aromatic N) is 2. The van der Waals surface area contributed by atoms with Gasteiger partial charge in [0.05, 0.1) is 12.7 Å². The summed E-state index contributed by atoms with van der Waals surface area (Å²) in [5.74, 6) is 4.73. The van der Waals surface area contributed by atoms with Gasteiger partial charge in [0.15, 0.2) is 0 Å². The molecular formula is C15H13FN2O2. The number of halogens is 1. The maximum absolute atomic E-state index is 13.2. The third-order valence-corrected chi connectivity index (χ3v) is 2.70. The highest BCUT2D eigenvalue weighted by atomic mass is 19.1. The van der Waals surface area contributed by atoms with Gasteiger partial charge >= 0.3 is 0 Å². The molecule has 0 atom stereocenters. The Hall–Kier alpha value is -2.45. The Morgan fingerprint density at radius 2 is 2.20 bits per heavy atom. The lowest BCUT2D eigenvalue weighted by molar-refractivity contribution is 0.350. The van der Waals surface area contributed by atoms with Crippen LogP contribution in [0.25, 0.3) is 0 Å². The minimum Gasteiger partial charge on any atom is -0.384 e. The lowest BCUT2D eigenvalue weighted by atomic mass is 10.1. The highest BCUT2D eigenvalue weighted by Crippen LogP contribution is 2.11. The number of hydrogen-bond acceptors (Lipinski definition) is 3. The van der Waals surface area contributed by atoms with Gasteiger partial charge in [-0.25, -0.2) is 9.07 Å². The lowest BCUT2D eigenvalue weighted by Crippen LogP contribution is -2.23. The van der Waals surface area contributed by atoms with Crippen LogP contribution in [0.2, 0.25) is 0 Å². The summed E-state index contributed by atoms with van der Waals surface area (Å²) in [6.07, 6.45) is 1.59. The summed E-state index contributed by atoms with van der Waals surface area (Å²) in [5, 5.41) is 12.7. The van der Waals surface area contributed by atoms with E-state index in [1.165, 1.54) is 22.9 Å². The molecule has 2 rings (SSSR count). The Kier molecular flexibility index (Phi) is 4.28. The number of aliphatic hydroxyl groups is 1. The molecule has 102 valence electrons. The van der Waals surface area contributed by atoms with E-state index in [4.69, 9.17) is 5.11 Å². The summed E-state index contributed by atoms with van der Waals surface area (Å²) in [6.45, 7) is 1.68. The van der Waals surface area contributed by atoms with Crippen LogP contribution in [-0.2, 0) is 6.54 Å². The fraction of sp³-hybridized carbons (Fsp3) is 0.200. The molecule has 20 heavy (non-hydrogen) atoms. The Morgan fingerprint density at radius 3 is 2.90 bits per heavy atom. The number of rotatable bonds is 2. The maximum atomic E-state index is 13.2. The van der Waals surface area contributed by atoms with Gasteiger partial charge in [-0.3, -0.25) is 4.79 Å². The molecule has 1 aromatic carbocycles. The Labute approximate surface area is 115 Å². The Balaban J connectivity index is 2.40. The van der Waals surface area contributed by atoms with Gasteiger partial charge in [-0.2, -0.15) is 5.10 Å². The van der Waals surface area contributed by atoms with Crippen molar-refractivity contribution in [3.05, 3.63) is 63.3 Å². The number of aryl methyl sites for hydroxylation is 1. The van der Waals surface area contributed by atoms with Crippen molar-refractivity contribution in [3.63, 3.8) is 0 Å². The fourth-order valence-electron chi connectivity index (χ4n) is 1.74. The molecule has 0 saturated carbocycles. The summed E-state index contributed by atoms with van der Waals surface area (Å²) in [6, 6.07) is 5.62. The van der Waals surface area contributed by atoms with Crippen LogP contribution in [0.5, 0.6) is 0 Å². The predicted octanol–water partition coefficient (Wildman–Crippen LogP) is 1.08. The number of aromatic nitrogens is 2. The van der Waals surface area contributed by atoms with E-state index >= 15 is 0 Å². The number of aliphatic hydroxyl groups excluding tert-OH is 1. The molecule has 0 aliphatic heterocycles. The molecular weight excluding hydrogens is 259 g/mol. The zero-order valence-electron chi connectivity index (χ0n) is 10.9. The van der Waals surface area contributed by atoms with Gasteiger partial charge < -0.3 is 5.11 Å². The van der Waals surface area contributed by atoms with E-state index in [1.807, 2.05) is 0 Å². The molecule has 5 heteroatoms.